The minimum atomic E-state index is -4.51. The summed E-state index contributed by atoms with van der Waals surface area (Å²) in [5.74, 6) is -1.10. The largest absolute Gasteiger partial charge is 0.493 e. The van der Waals surface area contributed by atoms with Crippen LogP contribution in [-0.4, -0.2) is 25.8 Å². The summed E-state index contributed by atoms with van der Waals surface area (Å²) in [6.45, 7) is 6.30. The Balaban J connectivity index is 2.09. The van der Waals surface area contributed by atoms with Crippen molar-refractivity contribution in [3.8, 4) is 11.5 Å². The van der Waals surface area contributed by atoms with E-state index in [0.29, 0.717) is 29.6 Å². The van der Waals surface area contributed by atoms with E-state index in [1.165, 1.54) is 31.4 Å². The molecule has 2 rings (SSSR count). The highest BCUT2D eigenvalue weighted by molar-refractivity contribution is 5.77. The number of hydrogen-bond acceptors (Lipinski definition) is 3. The number of ether oxygens (including phenoxy) is 2. The Hall–Kier alpha value is -2.70. The summed E-state index contributed by atoms with van der Waals surface area (Å²) in [5.41, 5.74) is 0.779. The Morgan fingerprint density at radius 3 is 2.23 bits per heavy atom. The van der Waals surface area contributed by atoms with Crippen molar-refractivity contribution < 1.29 is 27.4 Å². The van der Waals surface area contributed by atoms with Gasteiger partial charge in [-0.3, -0.25) is 4.79 Å². The van der Waals surface area contributed by atoms with Crippen molar-refractivity contribution in [3.05, 3.63) is 59.7 Å². The fourth-order valence-corrected chi connectivity index (χ4v) is 3.01. The molecule has 1 N–H and O–H groups in total. The minimum absolute atomic E-state index is 0.0705. The number of alkyl halides is 3. The van der Waals surface area contributed by atoms with Crippen molar-refractivity contribution in [2.45, 2.75) is 45.3 Å². The third kappa shape index (κ3) is 6.68. The predicted molar refractivity (Wildman–Crippen MR) is 110 cm³/mol. The fraction of sp³-hybridized carbons (Fsp3) is 0.435. The fourth-order valence-electron chi connectivity index (χ4n) is 3.01. The number of rotatable bonds is 9. The van der Waals surface area contributed by atoms with Crippen molar-refractivity contribution in [3.63, 3.8) is 0 Å². The molecule has 0 fully saturated rings. The van der Waals surface area contributed by atoms with Gasteiger partial charge in [0.25, 0.3) is 0 Å². The zero-order chi connectivity index (χ0) is 22.3. The molecular weight excluding hydrogens is 395 g/mol. The standard InChI is InChI=1S/C23H28F3NO3/c1-15(2)14-30-20-11-10-18(12-21(20)29-4)16(3)27-22(28)13-19(23(24,25)26)17-8-6-5-7-9-17/h5-12,15-16,19H,13-14H2,1-4H3,(H,27,28). The molecule has 2 aromatic carbocycles. The van der Waals surface area contributed by atoms with Crippen molar-refractivity contribution >= 4 is 5.91 Å². The minimum Gasteiger partial charge on any atom is -0.493 e. The van der Waals surface area contributed by atoms with Gasteiger partial charge in [0.15, 0.2) is 11.5 Å². The normalized spacial score (nSPS) is 13.6. The topological polar surface area (TPSA) is 47.6 Å². The molecule has 2 unspecified atom stereocenters. The lowest BCUT2D eigenvalue weighted by Crippen LogP contribution is -2.32. The molecule has 0 aliphatic carbocycles. The molecular formula is C23H28F3NO3. The number of carbonyl (C=O) groups is 1. The highest BCUT2D eigenvalue weighted by atomic mass is 19.4. The number of halogens is 3. The molecule has 2 atom stereocenters. The van der Waals surface area contributed by atoms with E-state index in [-0.39, 0.29) is 5.56 Å². The maximum Gasteiger partial charge on any atom is 0.396 e. The average Bonchev–Trinajstić information content (AvgIpc) is 2.70. The van der Waals surface area contributed by atoms with Crippen molar-refractivity contribution in [1.29, 1.82) is 0 Å². The monoisotopic (exact) mass is 423 g/mol. The Bertz CT molecular complexity index is 822. The lowest BCUT2D eigenvalue weighted by atomic mass is 9.94. The van der Waals surface area contributed by atoms with Gasteiger partial charge in [0, 0.05) is 6.42 Å². The molecule has 0 aliphatic rings. The molecule has 0 saturated carbocycles. The molecule has 0 spiro atoms. The van der Waals surface area contributed by atoms with Crippen molar-refractivity contribution in [2.24, 2.45) is 5.92 Å². The maximum atomic E-state index is 13.5. The van der Waals surface area contributed by atoms with Crippen LogP contribution >= 0.6 is 0 Å². The highest BCUT2D eigenvalue weighted by Gasteiger charge is 2.41. The van der Waals surface area contributed by atoms with Crippen LogP contribution in [0.4, 0.5) is 13.2 Å². The van der Waals surface area contributed by atoms with Crippen molar-refractivity contribution in [2.75, 3.05) is 13.7 Å². The summed E-state index contributed by atoms with van der Waals surface area (Å²) in [4.78, 5) is 12.4. The van der Waals surface area contributed by atoms with E-state index >= 15 is 0 Å². The molecule has 0 heterocycles. The smallest absolute Gasteiger partial charge is 0.396 e. The molecule has 0 saturated heterocycles. The first-order chi connectivity index (χ1) is 14.1. The number of methoxy groups -OCH3 is 1. The third-order valence-electron chi connectivity index (χ3n) is 4.62. The summed E-state index contributed by atoms with van der Waals surface area (Å²) in [7, 11) is 1.51. The second kappa shape index (κ2) is 10.4. The van der Waals surface area contributed by atoms with Gasteiger partial charge in [-0.2, -0.15) is 13.2 Å². The Kier molecular flexibility index (Phi) is 8.15. The molecule has 4 nitrogen and oxygen atoms in total. The quantitative estimate of drug-likeness (QED) is 0.568. The second-order valence-corrected chi connectivity index (χ2v) is 7.61. The van der Waals surface area contributed by atoms with Gasteiger partial charge in [-0.1, -0.05) is 50.2 Å². The SMILES string of the molecule is COc1cc(C(C)NC(=O)CC(c2ccccc2)C(F)(F)F)ccc1OCC(C)C. The average molecular weight is 423 g/mol. The van der Waals surface area contributed by atoms with Crippen LogP contribution in [0.25, 0.3) is 0 Å². The van der Waals surface area contributed by atoms with Gasteiger partial charge in [0.05, 0.1) is 25.7 Å². The van der Waals surface area contributed by atoms with E-state index in [9.17, 15) is 18.0 Å². The van der Waals surface area contributed by atoms with Crippen molar-refractivity contribution in [1.82, 2.24) is 5.32 Å². The summed E-state index contributed by atoms with van der Waals surface area (Å²) < 4.78 is 51.5. The van der Waals surface area contributed by atoms with Crippen LogP contribution in [-0.2, 0) is 4.79 Å². The number of carbonyl (C=O) groups excluding carboxylic acids is 1. The number of benzene rings is 2. The number of amides is 1. The third-order valence-corrected chi connectivity index (χ3v) is 4.62. The predicted octanol–water partition coefficient (Wildman–Crippen LogP) is 5.64. The molecule has 2 aromatic rings. The molecule has 7 heteroatoms. The van der Waals surface area contributed by atoms with Gasteiger partial charge in [0.2, 0.25) is 5.91 Å². The lowest BCUT2D eigenvalue weighted by Gasteiger charge is -2.22. The summed E-state index contributed by atoms with van der Waals surface area (Å²) in [6.07, 6.45) is -5.19. The zero-order valence-electron chi connectivity index (χ0n) is 17.6. The van der Waals surface area contributed by atoms with Gasteiger partial charge in [-0.25, -0.2) is 0 Å². The number of nitrogens with one attached hydrogen (secondary N) is 1. The van der Waals surface area contributed by atoms with E-state index in [4.69, 9.17) is 9.47 Å². The Morgan fingerprint density at radius 1 is 1.00 bits per heavy atom. The first-order valence-electron chi connectivity index (χ1n) is 9.83. The second-order valence-electron chi connectivity index (χ2n) is 7.61. The van der Waals surface area contributed by atoms with Crippen LogP contribution in [0.1, 0.15) is 50.3 Å². The summed E-state index contributed by atoms with van der Waals surface area (Å²) in [5, 5.41) is 2.65. The molecule has 1 amide bonds. The van der Waals surface area contributed by atoms with Crippen LogP contribution in [0.2, 0.25) is 0 Å². The first-order valence-corrected chi connectivity index (χ1v) is 9.83. The van der Waals surface area contributed by atoms with E-state index in [1.54, 1.807) is 31.2 Å². The van der Waals surface area contributed by atoms with Crippen LogP contribution < -0.4 is 14.8 Å². The Morgan fingerprint density at radius 2 is 1.67 bits per heavy atom. The highest BCUT2D eigenvalue weighted by Crippen LogP contribution is 2.37. The van der Waals surface area contributed by atoms with Crippen LogP contribution in [0.3, 0.4) is 0 Å². The van der Waals surface area contributed by atoms with Gasteiger partial charge in [-0.05, 0) is 36.1 Å². The lowest BCUT2D eigenvalue weighted by molar-refractivity contribution is -0.157. The summed E-state index contributed by atoms with van der Waals surface area (Å²) in [6, 6.07) is 12.2. The molecule has 0 aliphatic heterocycles. The molecule has 0 bridgehead atoms. The molecule has 0 aromatic heterocycles. The molecule has 164 valence electrons. The van der Waals surface area contributed by atoms with Crippen LogP contribution in [0, 0.1) is 5.92 Å². The van der Waals surface area contributed by atoms with E-state index < -0.39 is 30.5 Å². The van der Waals surface area contributed by atoms with Crippen LogP contribution in [0.5, 0.6) is 11.5 Å². The van der Waals surface area contributed by atoms with E-state index in [2.05, 4.69) is 5.32 Å². The van der Waals surface area contributed by atoms with Crippen LogP contribution in [0.15, 0.2) is 48.5 Å². The first kappa shape index (κ1) is 23.6. The molecule has 0 radical (unpaired) electrons. The number of hydrogen-bond donors (Lipinski definition) is 1. The van der Waals surface area contributed by atoms with E-state index in [1.807, 2.05) is 13.8 Å². The van der Waals surface area contributed by atoms with Gasteiger partial charge in [-0.15, -0.1) is 0 Å². The zero-order valence-corrected chi connectivity index (χ0v) is 17.6. The summed E-state index contributed by atoms with van der Waals surface area (Å²) >= 11 is 0. The maximum absolute atomic E-state index is 13.5. The van der Waals surface area contributed by atoms with Gasteiger partial charge in [0.1, 0.15) is 0 Å². The molecule has 30 heavy (non-hydrogen) atoms. The van der Waals surface area contributed by atoms with Gasteiger partial charge < -0.3 is 14.8 Å². The van der Waals surface area contributed by atoms with E-state index in [0.717, 1.165) is 0 Å². The Labute approximate surface area is 175 Å². The van der Waals surface area contributed by atoms with Gasteiger partial charge >= 0.3 is 6.18 Å².